The van der Waals surface area contributed by atoms with Crippen LogP contribution in [0.2, 0.25) is 0 Å². The molecule has 0 aliphatic carbocycles. The van der Waals surface area contributed by atoms with Gasteiger partial charge in [0, 0.05) is 5.56 Å². The molecule has 2 aromatic carbocycles. The normalized spacial score (nSPS) is 11.9. The van der Waals surface area contributed by atoms with Gasteiger partial charge in [-0.25, -0.2) is 4.39 Å². The van der Waals surface area contributed by atoms with Crippen molar-refractivity contribution in [2.45, 2.75) is 13.0 Å². The summed E-state index contributed by atoms with van der Waals surface area (Å²) in [5.41, 5.74) is 2.88. The first kappa shape index (κ1) is 15.0. The second kappa shape index (κ2) is 6.44. The van der Waals surface area contributed by atoms with E-state index >= 15 is 0 Å². The van der Waals surface area contributed by atoms with Crippen LogP contribution >= 0.6 is 0 Å². The average molecular weight is 309 g/mol. The maximum absolute atomic E-state index is 13.0. The molecule has 0 bridgehead atoms. The number of nitrogens with one attached hydrogen (secondary N) is 2. The summed E-state index contributed by atoms with van der Waals surface area (Å²) >= 11 is 0. The summed E-state index contributed by atoms with van der Waals surface area (Å²) in [6.07, 6.45) is 1.51. The van der Waals surface area contributed by atoms with Crippen molar-refractivity contribution in [2.24, 2.45) is 0 Å². The molecular formula is C18H16FN3O. The van der Waals surface area contributed by atoms with Gasteiger partial charge in [0.1, 0.15) is 5.82 Å². The highest BCUT2D eigenvalue weighted by Crippen LogP contribution is 2.21. The number of hydrogen-bond donors (Lipinski definition) is 2. The largest absolute Gasteiger partial charge is 0.345 e. The standard InChI is InChI=1S/C18H16FN3O/c1-12(13-7-9-15(19)10-8-13)21-18(23)16-11-20-22-17(16)14-5-3-2-4-6-14/h2-12H,1H3,(H,20,22)(H,21,23)/t12-/m1/s1. The summed E-state index contributed by atoms with van der Waals surface area (Å²) in [6, 6.07) is 15.4. The third-order valence-electron chi connectivity index (χ3n) is 3.66. The zero-order valence-corrected chi connectivity index (χ0v) is 12.6. The fourth-order valence-corrected chi connectivity index (χ4v) is 2.39. The molecule has 0 fully saturated rings. The predicted octanol–water partition coefficient (Wildman–Crippen LogP) is 3.71. The Kier molecular flexibility index (Phi) is 4.19. The van der Waals surface area contributed by atoms with Crippen molar-refractivity contribution in [3.05, 3.63) is 77.7 Å². The Balaban J connectivity index is 1.79. The molecule has 1 amide bonds. The van der Waals surface area contributed by atoms with Gasteiger partial charge in [0.05, 0.1) is 23.5 Å². The Morgan fingerprint density at radius 3 is 2.52 bits per heavy atom. The smallest absolute Gasteiger partial charge is 0.255 e. The predicted molar refractivity (Wildman–Crippen MR) is 86.3 cm³/mol. The van der Waals surface area contributed by atoms with Crippen LogP contribution in [0.1, 0.15) is 28.9 Å². The van der Waals surface area contributed by atoms with Gasteiger partial charge in [0.15, 0.2) is 0 Å². The van der Waals surface area contributed by atoms with Gasteiger partial charge < -0.3 is 5.32 Å². The Bertz CT molecular complexity index is 797. The zero-order chi connectivity index (χ0) is 16.2. The molecule has 0 aliphatic rings. The molecular weight excluding hydrogens is 293 g/mol. The van der Waals surface area contributed by atoms with Gasteiger partial charge >= 0.3 is 0 Å². The van der Waals surface area contributed by atoms with Crippen molar-refractivity contribution < 1.29 is 9.18 Å². The van der Waals surface area contributed by atoms with Crippen molar-refractivity contribution in [1.82, 2.24) is 15.5 Å². The molecule has 23 heavy (non-hydrogen) atoms. The van der Waals surface area contributed by atoms with E-state index in [0.29, 0.717) is 11.3 Å². The van der Waals surface area contributed by atoms with E-state index in [-0.39, 0.29) is 17.8 Å². The molecule has 3 rings (SSSR count). The average Bonchev–Trinajstić information content (AvgIpc) is 3.06. The van der Waals surface area contributed by atoms with Crippen molar-refractivity contribution in [1.29, 1.82) is 0 Å². The number of benzene rings is 2. The van der Waals surface area contributed by atoms with Crippen LogP contribution in [0, 0.1) is 5.82 Å². The van der Waals surface area contributed by atoms with Gasteiger partial charge in [-0.2, -0.15) is 5.10 Å². The summed E-state index contributed by atoms with van der Waals surface area (Å²) in [5.74, 6) is -0.525. The number of halogens is 1. The number of hydrogen-bond acceptors (Lipinski definition) is 2. The minimum absolute atomic E-state index is 0.227. The quantitative estimate of drug-likeness (QED) is 0.772. The van der Waals surface area contributed by atoms with Gasteiger partial charge in [-0.15, -0.1) is 0 Å². The monoisotopic (exact) mass is 309 g/mol. The maximum atomic E-state index is 13.0. The van der Waals surface area contributed by atoms with Gasteiger partial charge in [0.25, 0.3) is 5.91 Å². The van der Waals surface area contributed by atoms with E-state index in [2.05, 4.69) is 15.5 Å². The lowest BCUT2D eigenvalue weighted by Gasteiger charge is -2.14. The Morgan fingerprint density at radius 1 is 1.13 bits per heavy atom. The SMILES string of the molecule is C[C@@H](NC(=O)c1cn[nH]c1-c1ccccc1)c1ccc(F)cc1. The van der Waals surface area contributed by atoms with E-state index in [4.69, 9.17) is 0 Å². The molecule has 0 saturated carbocycles. The van der Waals surface area contributed by atoms with Gasteiger partial charge in [-0.1, -0.05) is 42.5 Å². The summed E-state index contributed by atoms with van der Waals surface area (Å²) in [6.45, 7) is 1.85. The first-order valence-corrected chi connectivity index (χ1v) is 7.30. The highest BCUT2D eigenvalue weighted by Gasteiger charge is 2.17. The number of carbonyl (C=O) groups is 1. The topological polar surface area (TPSA) is 57.8 Å². The molecule has 0 aliphatic heterocycles. The fraction of sp³-hybridized carbons (Fsp3) is 0.111. The van der Waals surface area contributed by atoms with E-state index < -0.39 is 0 Å². The van der Waals surface area contributed by atoms with Crippen LogP contribution in [0.15, 0.2) is 60.8 Å². The molecule has 1 aromatic heterocycles. The van der Waals surface area contributed by atoms with Crippen LogP contribution in [0.3, 0.4) is 0 Å². The molecule has 116 valence electrons. The number of nitrogens with zero attached hydrogens (tertiary/aromatic N) is 1. The van der Waals surface area contributed by atoms with Crippen LogP contribution in [0.4, 0.5) is 4.39 Å². The van der Waals surface area contributed by atoms with Crippen molar-refractivity contribution in [3.63, 3.8) is 0 Å². The van der Waals surface area contributed by atoms with E-state index in [1.807, 2.05) is 37.3 Å². The molecule has 0 unspecified atom stereocenters. The number of rotatable bonds is 4. The molecule has 4 nitrogen and oxygen atoms in total. The highest BCUT2D eigenvalue weighted by molar-refractivity contribution is 5.99. The van der Waals surface area contributed by atoms with Crippen LogP contribution in [0.5, 0.6) is 0 Å². The van der Waals surface area contributed by atoms with Crippen molar-refractivity contribution >= 4 is 5.91 Å². The van der Waals surface area contributed by atoms with Gasteiger partial charge in [-0.05, 0) is 24.6 Å². The molecule has 1 atom stereocenters. The van der Waals surface area contributed by atoms with Crippen molar-refractivity contribution in [2.75, 3.05) is 0 Å². The molecule has 1 heterocycles. The lowest BCUT2D eigenvalue weighted by atomic mass is 10.1. The van der Waals surface area contributed by atoms with Crippen LogP contribution in [-0.4, -0.2) is 16.1 Å². The summed E-state index contributed by atoms with van der Waals surface area (Å²) in [4.78, 5) is 12.5. The molecule has 0 spiro atoms. The second-order valence-corrected chi connectivity index (χ2v) is 5.27. The number of H-pyrrole nitrogens is 1. The van der Waals surface area contributed by atoms with E-state index in [9.17, 15) is 9.18 Å². The zero-order valence-electron chi connectivity index (χ0n) is 12.6. The number of amides is 1. The van der Waals surface area contributed by atoms with Crippen LogP contribution in [0.25, 0.3) is 11.3 Å². The fourth-order valence-electron chi connectivity index (χ4n) is 2.39. The Hall–Kier alpha value is -2.95. The van der Waals surface area contributed by atoms with Crippen LogP contribution < -0.4 is 5.32 Å². The van der Waals surface area contributed by atoms with E-state index in [1.165, 1.54) is 18.3 Å². The molecule has 0 saturated heterocycles. The molecule has 0 radical (unpaired) electrons. The first-order chi connectivity index (χ1) is 11.1. The lowest BCUT2D eigenvalue weighted by Crippen LogP contribution is -2.26. The molecule has 5 heteroatoms. The van der Waals surface area contributed by atoms with Gasteiger partial charge in [-0.3, -0.25) is 9.89 Å². The van der Waals surface area contributed by atoms with Gasteiger partial charge in [0.2, 0.25) is 0 Å². The number of aromatic amines is 1. The minimum atomic E-state index is -0.298. The number of aromatic nitrogens is 2. The van der Waals surface area contributed by atoms with E-state index in [1.54, 1.807) is 12.1 Å². The minimum Gasteiger partial charge on any atom is -0.345 e. The Morgan fingerprint density at radius 2 is 1.83 bits per heavy atom. The van der Waals surface area contributed by atoms with Crippen LogP contribution in [-0.2, 0) is 0 Å². The summed E-state index contributed by atoms with van der Waals surface area (Å²) < 4.78 is 13.0. The molecule has 2 N–H and O–H groups in total. The highest BCUT2D eigenvalue weighted by atomic mass is 19.1. The third-order valence-corrected chi connectivity index (χ3v) is 3.66. The van der Waals surface area contributed by atoms with E-state index in [0.717, 1.165) is 11.1 Å². The summed E-state index contributed by atoms with van der Waals surface area (Å²) in [7, 11) is 0. The molecule has 3 aromatic rings. The second-order valence-electron chi connectivity index (χ2n) is 5.27. The lowest BCUT2D eigenvalue weighted by molar-refractivity contribution is 0.0940. The third kappa shape index (κ3) is 3.29. The van der Waals surface area contributed by atoms with Crippen molar-refractivity contribution in [3.8, 4) is 11.3 Å². The maximum Gasteiger partial charge on any atom is 0.255 e. The Labute approximate surface area is 133 Å². The number of carbonyl (C=O) groups excluding carboxylic acids is 1. The summed E-state index contributed by atoms with van der Waals surface area (Å²) in [5, 5.41) is 9.75. The first-order valence-electron chi connectivity index (χ1n) is 7.30.